The number of hydrogen-bond acceptors (Lipinski definition) is 9. The van der Waals surface area contributed by atoms with Crippen molar-refractivity contribution in [3.8, 4) is 0 Å². The molecule has 1 aromatic rings. The second-order valence-electron chi connectivity index (χ2n) is 6.11. The lowest BCUT2D eigenvalue weighted by Crippen LogP contribution is -2.44. The van der Waals surface area contributed by atoms with Gasteiger partial charge in [0.15, 0.2) is 12.8 Å². The van der Waals surface area contributed by atoms with Crippen LogP contribution in [0, 0.1) is 5.92 Å². The number of nitrogens with zero attached hydrogens (tertiary/aromatic N) is 2. The van der Waals surface area contributed by atoms with Crippen LogP contribution in [0.5, 0.6) is 0 Å². The van der Waals surface area contributed by atoms with Crippen LogP contribution in [-0.4, -0.2) is 63.6 Å². The minimum Gasteiger partial charge on any atom is -0.459 e. The number of amides is 1. The number of aliphatic hydroxyl groups excluding tert-OH is 2. The van der Waals surface area contributed by atoms with Crippen LogP contribution in [0.4, 0.5) is 15.0 Å². The second-order valence-corrected chi connectivity index (χ2v) is 6.11. The van der Waals surface area contributed by atoms with Crippen molar-refractivity contribution in [2.75, 3.05) is 19.0 Å². The molecule has 1 aliphatic heterocycles. The molecule has 11 nitrogen and oxygen atoms in total. The number of rotatable bonds is 5. The maximum absolute atomic E-state index is 14.8. The molecule has 0 bridgehead atoms. The van der Waals surface area contributed by atoms with Crippen LogP contribution in [0.15, 0.2) is 17.1 Å². The third kappa shape index (κ3) is 4.40. The Morgan fingerprint density at radius 3 is 2.70 bits per heavy atom. The van der Waals surface area contributed by atoms with Crippen LogP contribution in [0.3, 0.4) is 0 Å². The summed E-state index contributed by atoms with van der Waals surface area (Å²) < 4.78 is 29.6. The predicted molar refractivity (Wildman–Crippen MR) is 86.3 cm³/mol. The molecular formula is C15H20FN3O8. The first-order valence-electron chi connectivity index (χ1n) is 7.92. The highest BCUT2D eigenvalue weighted by molar-refractivity contribution is 5.82. The number of nitrogens with one attached hydrogen (secondary N) is 1. The zero-order chi connectivity index (χ0) is 20.4. The molecule has 1 fully saturated rings. The molecule has 4 atom stereocenters. The highest BCUT2D eigenvalue weighted by atomic mass is 19.2. The number of carbonyl (C=O) groups excluding carboxylic acids is 2. The van der Waals surface area contributed by atoms with Gasteiger partial charge in [0.05, 0.1) is 13.0 Å². The zero-order valence-electron chi connectivity index (χ0n) is 14.8. The Hall–Kier alpha value is -2.57. The molecule has 1 aromatic heterocycles. The van der Waals surface area contributed by atoms with Crippen molar-refractivity contribution in [1.82, 2.24) is 9.55 Å². The number of esters is 1. The molecule has 1 saturated heterocycles. The van der Waals surface area contributed by atoms with E-state index in [1.807, 2.05) is 0 Å². The van der Waals surface area contributed by atoms with Gasteiger partial charge in [-0.2, -0.15) is 4.98 Å². The molecule has 1 aliphatic rings. The monoisotopic (exact) mass is 389 g/mol. The molecule has 0 spiro atoms. The summed E-state index contributed by atoms with van der Waals surface area (Å²) in [6.07, 6.45) is -5.33. The molecule has 0 aliphatic carbocycles. The number of halogens is 1. The smallest absolute Gasteiger partial charge is 0.412 e. The lowest BCUT2D eigenvalue weighted by molar-refractivity contribution is -0.218. The number of ether oxygens (including phenoxy) is 3. The van der Waals surface area contributed by atoms with Gasteiger partial charge in [-0.25, -0.2) is 14.0 Å². The zero-order valence-corrected chi connectivity index (χ0v) is 14.8. The van der Waals surface area contributed by atoms with Gasteiger partial charge in [-0.3, -0.25) is 14.7 Å². The minimum atomic E-state index is -2.92. The van der Waals surface area contributed by atoms with Crippen molar-refractivity contribution < 1.29 is 38.4 Å². The van der Waals surface area contributed by atoms with Crippen molar-refractivity contribution in [1.29, 1.82) is 0 Å². The number of methoxy groups -OCH3 is 1. The van der Waals surface area contributed by atoms with Gasteiger partial charge in [0.1, 0.15) is 18.0 Å². The topological polar surface area (TPSA) is 149 Å². The first-order valence-corrected chi connectivity index (χ1v) is 7.92. The van der Waals surface area contributed by atoms with E-state index in [1.165, 1.54) is 19.9 Å². The van der Waals surface area contributed by atoms with E-state index in [2.05, 4.69) is 15.0 Å². The van der Waals surface area contributed by atoms with E-state index in [4.69, 9.17) is 9.47 Å². The summed E-state index contributed by atoms with van der Waals surface area (Å²) in [5.74, 6) is -4.32. The molecule has 0 saturated carbocycles. The van der Waals surface area contributed by atoms with Crippen molar-refractivity contribution in [3.05, 3.63) is 22.7 Å². The average molecular weight is 389 g/mol. The summed E-state index contributed by atoms with van der Waals surface area (Å²) in [6.45, 7) is 2.10. The van der Waals surface area contributed by atoms with E-state index in [0.717, 1.165) is 17.9 Å². The Labute approximate surface area is 152 Å². The van der Waals surface area contributed by atoms with Crippen LogP contribution in [0.25, 0.3) is 0 Å². The number of carbonyl (C=O) groups is 2. The van der Waals surface area contributed by atoms with Crippen molar-refractivity contribution >= 4 is 17.9 Å². The normalized spacial score (nSPS) is 27.4. The van der Waals surface area contributed by atoms with Gasteiger partial charge in [0, 0.05) is 6.20 Å². The van der Waals surface area contributed by atoms with E-state index in [9.17, 15) is 29.0 Å². The Bertz CT molecular complexity index is 770. The highest BCUT2D eigenvalue weighted by Gasteiger charge is 2.57. The maximum atomic E-state index is 14.8. The molecule has 27 heavy (non-hydrogen) atoms. The second kappa shape index (κ2) is 7.98. The number of aromatic nitrogens is 2. The number of aliphatic hydroxyl groups is 2. The summed E-state index contributed by atoms with van der Waals surface area (Å²) in [7, 11) is 1.12. The quantitative estimate of drug-likeness (QED) is 0.568. The van der Waals surface area contributed by atoms with Gasteiger partial charge in [0.25, 0.3) is 5.85 Å². The molecule has 0 unspecified atom stereocenters. The fraction of sp³-hybridized carbons (Fsp3) is 0.600. The summed E-state index contributed by atoms with van der Waals surface area (Å²) in [4.78, 5) is 38.2. The fourth-order valence-corrected chi connectivity index (χ4v) is 2.26. The molecule has 2 heterocycles. The lowest BCUT2D eigenvalue weighted by Gasteiger charge is -2.23. The Morgan fingerprint density at radius 2 is 2.15 bits per heavy atom. The number of anilines is 1. The summed E-state index contributed by atoms with van der Waals surface area (Å²) >= 11 is 0. The van der Waals surface area contributed by atoms with Gasteiger partial charge in [-0.15, -0.1) is 0 Å². The minimum absolute atomic E-state index is 0.145. The summed E-state index contributed by atoms with van der Waals surface area (Å²) in [5, 5.41) is 22.2. The molecule has 1 amide bonds. The van der Waals surface area contributed by atoms with Crippen molar-refractivity contribution in [3.63, 3.8) is 0 Å². The molecule has 3 N–H and O–H groups in total. The highest BCUT2D eigenvalue weighted by Crippen LogP contribution is 2.38. The van der Waals surface area contributed by atoms with E-state index in [1.54, 1.807) is 0 Å². The molecule has 2 rings (SSSR count). The molecule has 0 aromatic carbocycles. The Morgan fingerprint density at radius 1 is 1.48 bits per heavy atom. The molecule has 12 heteroatoms. The van der Waals surface area contributed by atoms with Crippen LogP contribution in [0.1, 0.15) is 20.1 Å². The summed E-state index contributed by atoms with van der Waals surface area (Å²) in [5.41, 5.74) is -0.997. The summed E-state index contributed by atoms with van der Waals surface area (Å²) in [6, 6.07) is 1.18. The van der Waals surface area contributed by atoms with Gasteiger partial charge in [-0.1, -0.05) is 13.8 Å². The number of hydrogen-bond donors (Lipinski definition) is 3. The fourth-order valence-electron chi connectivity index (χ4n) is 2.26. The van der Waals surface area contributed by atoms with Gasteiger partial charge < -0.3 is 24.4 Å². The van der Waals surface area contributed by atoms with Crippen molar-refractivity contribution in [2.45, 2.75) is 38.1 Å². The molecular weight excluding hydrogens is 369 g/mol. The SMILES string of the molecule is COC(=O)Nc1ccn([C@@H]2O[C@](F)(COC(=O)C(C)C)[C@@H](O)[C@H]2O)c(=O)n1. The van der Waals surface area contributed by atoms with Crippen LogP contribution in [0.2, 0.25) is 0 Å². The Balaban J connectivity index is 2.18. The van der Waals surface area contributed by atoms with Crippen LogP contribution < -0.4 is 11.0 Å². The maximum Gasteiger partial charge on any atom is 0.412 e. The largest absolute Gasteiger partial charge is 0.459 e. The first kappa shape index (κ1) is 20.7. The van der Waals surface area contributed by atoms with Crippen LogP contribution >= 0.6 is 0 Å². The van der Waals surface area contributed by atoms with E-state index >= 15 is 0 Å². The van der Waals surface area contributed by atoms with Gasteiger partial charge in [0.2, 0.25) is 0 Å². The van der Waals surface area contributed by atoms with Crippen molar-refractivity contribution in [2.24, 2.45) is 5.92 Å². The van der Waals surface area contributed by atoms with E-state index in [-0.39, 0.29) is 5.82 Å². The predicted octanol–water partition coefficient (Wildman–Crippen LogP) is -0.463. The first-order chi connectivity index (χ1) is 12.6. The third-order valence-electron chi connectivity index (χ3n) is 3.78. The molecule has 150 valence electrons. The Kier molecular flexibility index (Phi) is 6.13. The third-order valence-corrected chi connectivity index (χ3v) is 3.78. The number of alkyl halides is 1. The van der Waals surface area contributed by atoms with Gasteiger partial charge in [-0.05, 0) is 6.07 Å². The van der Waals surface area contributed by atoms with Gasteiger partial charge >= 0.3 is 17.8 Å². The van der Waals surface area contributed by atoms with E-state index in [0.29, 0.717) is 0 Å². The lowest BCUT2D eigenvalue weighted by atomic mass is 10.1. The van der Waals surface area contributed by atoms with Crippen LogP contribution in [-0.2, 0) is 19.0 Å². The average Bonchev–Trinajstić information content (AvgIpc) is 2.84. The molecule has 0 radical (unpaired) electrons. The van der Waals surface area contributed by atoms with E-state index < -0.39 is 54.6 Å². The standard InChI is InChI=1S/C15H20FN3O8/c1-7(2)12(22)26-6-15(16)10(21)9(20)11(27-15)19-5-4-8(17-13(19)23)18-14(24)25-3/h4-5,7,9-11,20-21H,6H2,1-3H3,(H,17,18,23,24)/t9-,10+,11-,15-/m1/s1.